The lowest BCUT2D eigenvalue weighted by atomic mass is 9.92. The van der Waals surface area contributed by atoms with Gasteiger partial charge in [0.1, 0.15) is 17.5 Å². The fourth-order valence-corrected chi connectivity index (χ4v) is 9.47. The third-order valence-corrected chi connectivity index (χ3v) is 13.5. The number of aliphatic hydroxyl groups excluding tert-OH is 1. The minimum absolute atomic E-state index is 0.00466. The van der Waals surface area contributed by atoms with Crippen LogP contribution in [-0.2, 0) is 18.5 Å². The van der Waals surface area contributed by atoms with Gasteiger partial charge in [-0.3, -0.25) is 0 Å². The van der Waals surface area contributed by atoms with Crippen molar-refractivity contribution < 1.29 is 31.4 Å². The Bertz CT molecular complexity index is 2700. The van der Waals surface area contributed by atoms with E-state index < -0.39 is 17.8 Å². The van der Waals surface area contributed by atoms with Gasteiger partial charge in [0.25, 0.3) is 17.8 Å². The Hall–Kier alpha value is -5.79. The normalized spacial score (nSPS) is 17.3. The molecule has 6 aromatic rings. The van der Waals surface area contributed by atoms with Crippen LogP contribution in [0.15, 0.2) is 36.4 Å². The van der Waals surface area contributed by atoms with Crippen LogP contribution in [0.1, 0.15) is 128 Å². The Labute approximate surface area is 455 Å². The van der Waals surface area contributed by atoms with E-state index in [9.17, 15) is 31.4 Å². The summed E-state index contributed by atoms with van der Waals surface area (Å²) >= 11 is 3.42. The first-order chi connectivity index (χ1) is 36.3. The van der Waals surface area contributed by atoms with E-state index in [2.05, 4.69) is 82.4 Å². The third-order valence-electron chi connectivity index (χ3n) is 12.9. The van der Waals surface area contributed by atoms with Gasteiger partial charge in [0.2, 0.25) is 17.8 Å². The summed E-state index contributed by atoms with van der Waals surface area (Å²) in [5, 5.41) is 35.8. The molecule has 6 heterocycles. The smallest absolute Gasteiger partial charge is 0.253 e. The molecule has 18 nitrogen and oxygen atoms in total. The average molecular weight is 1150 g/mol. The van der Waals surface area contributed by atoms with E-state index in [1.54, 1.807) is 20.1 Å². The minimum Gasteiger partial charge on any atom is -0.390 e. The topological polar surface area (TPSA) is 202 Å². The van der Waals surface area contributed by atoms with Crippen molar-refractivity contribution in [3.8, 4) is 17.8 Å². The summed E-state index contributed by atoms with van der Waals surface area (Å²) in [4.78, 5) is 29.0. The predicted octanol–water partition coefficient (Wildman–Crippen LogP) is 10.1. The minimum atomic E-state index is -2.56. The van der Waals surface area contributed by atoms with Gasteiger partial charge in [-0.05, 0) is 126 Å². The second-order valence-electron chi connectivity index (χ2n) is 20.5. The van der Waals surface area contributed by atoms with Gasteiger partial charge in [0.05, 0.1) is 40.8 Å². The summed E-state index contributed by atoms with van der Waals surface area (Å²) in [6, 6.07) is 11.2. The molecule has 9 rings (SSSR count). The van der Waals surface area contributed by atoms with Crippen molar-refractivity contribution in [1.82, 2.24) is 69.5 Å². The maximum atomic E-state index is 13.4. The second-order valence-corrected chi connectivity index (χ2v) is 21.1. The quantitative estimate of drug-likeness (QED) is 0.0540. The molecule has 6 aromatic heterocycles. The molecule has 0 unspecified atom stereocenters. The van der Waals surface area contributed by atoms with Crippen LogP contribution < -0.4 is 21.3 Å². The Morgan fingerprint density at radius 2 is 0.792 bits per heavy atom. The van der Waals surface area contributed by atoms with Gasteiger partial charge in [0, 0.05) is 104 Å². The van der Waals surface area contributed by atoms with E-state index in [1.807, 2.05) is 105 Å². The first kappa shape index (κ1) is 60.4. The molecule has 0 aromatic carbocycles. The highest BCUT2D eigenvalue weighted by Gasteiger charge is 2.37. The zero-order chi connectivity index (χ0) is 56.2. The Morgan fingerprint density at radius 3 is 1.06 bits per heavy atom. The van der Waals surface area contributed by atoms with Gasteiger partial charge in [0.15, 0.2) is 0 Å². The van der Waals surface area contributed by atoms with Crippen LogP contribution >= 0.6 is 15.9 Å². The van der Waals surface area contributed by atoms with Crippen molar-refractivity contribution in [1.29, 1.82) is 0 Å². The number of aryl methyl sites for hydroxylation is 6. The average Bonchev–Trinajstić information content (AvgIpc) is 4.03. The van der Waals surface area contributed by atoms with Gasteiger partial charge in [-0.2, -0.15) is 30.2 Å². The fourth-order valence-electron chi connectivity index (χ4n) is 9.19. The summed E-state index contributed by atoms with van der Waals surface area (Å²) in [5.41, 5.74) is 7.54. The standard InChI is InChI=1S/C18H26F2N6.C16H20BrF2N5.C16H21F2N5O.C2H7N/c1-12-9-13(2)26(24-12)17-22-15(11-25(3)4)10-16(23-17)21-14-5-7-18(19,20)8-6-14;1-10-7-11(2)24(23-10)15-21-13(9-17)8-14(22-15)20-12-3-5-16(18,19)6-4-12;1-10-7-11(2)23(22-10)15-20-13(9-24)8-14(21-15)19-12-3-5-16(17,18)6-4-12;1-3-2/h9-10,14H,5-8,11H2,1-4H3,(H,21,22,23);7-8,12H,3-6,9H2,1-2H3,(H,20,21,22);7-8,12,24H,3-6,9H2,1-2H3,(H,19,20,21);3H,1-2H3. The van der Waals surface area contributed by atoms with Crippen molar-refractivity contribution in [3.63, 3.8) is 0 Å². The predicted molar refractivity (Wildman–Crippen MR) is 289 cm³/mol. The number of hydrogen-bond acceptors (Lipinski definition) is 15. The fraction of sp³-hybridized carbons (Fsp3) is 0.596. The molecule has 25 heteroatoms. The largest absolute Gasteiger partial charge is 0.390 e. The molecule has 0 atom stereocenters. The molecule has 3 fully saturated rings. The van der Waals surface area contributed by atoms with Crippen molar-refractivity contribution in [2.24, 2.45) is 0 Å². The number of anilines is 3. The number of hydrogen-bond donors (Lipinski definition) is 5. The molecule has 3 aliphatic rings. The SMILES string of the molecule is CNC.Cc1cc(C)n(-c2nc(CBr)cc(NC3CCC(F)(F)CC3)n2)n1.Cc1cc(C)n(-c2nc(CN(C)C)cc(NC3CCC(F)(F)CC3)n2)n1.Cc1cc(C)n(-c2nc(CO)cc(NC3CCC(F)(F)CC3)n2)n1. The molecule has 5 N–H and O–H groups in total. The van der Waals surface area contributed by atoms with Gasteiger partial charge in [-0.25, -0.2) is 55.3 Å². The highest BCUT2D eigenvalue weighted by Crippen LogP contribution is 2.36. The molecule has 0 amide bonds. The molecule has 3 aliphatic carbocycles. The van der Waals surface area contributed by atoms with Crippen LogP contribution in [0.3, 0.4) is 0 Å². The highest BCUT2D eigenvalue weighted by molar-refractivity contribution is 9.08. The molecule has 0 bridgehead atoms. The van der Waals surface area contributed by atoms with Gasteiger partial charge in [-0.1, -0.05) is 15.9 Å². The molecule has 422 valence electrons. The van der Waals surface area contributed by atoms with Crippen LogP contribution in [0.25, 0.3) is 17.8 Å². The van der Waals surface area contributed by atoms with Crippen LogP contribution in [-0.4, -0.2) is 133 Å². The summed E-state index contributed by atoms with van der Waals surface area (Å²) < 4.78 is 84.9. The van der Waals surface area contributed by atoms with Crippen LogP contribution in [0.4, 0.5) is 43.8 Å². The number of aliphatic hydroxyl groups is 1. The van der Waals surface area contributed by atoms with Crippen molar-refractivity contribution in [3.05, 3.63) is 87.6 Å². The van der Waals surface area contributed by atoms with E-state index in [1.165, 1.54) is 0 Å². The van der Waals surface area contributed by atoms with E-state index in [-0.39, 0.29) is 63.3 Å². The summed E-state index contributed by atoms with van der Waals surface area (Å²) in [5.74, 6) is -4.45. The molecular formula is C52H74BrF6N17O. The second kappa shape index (κ2) is 26.7. The van der Waals surface area contributed by atoms with E-state index in [4.69, 9.17) is 0 Å². The first-order valence-electron chi connectivity index (χ1n) is 25.9. The maximum absolute atomic E-state index is 13.4. The summed E-state index contributed by atoms with van der Waals surface area (Å²) in [6.07, 6.45) is 1.99. The van der Waals surface area contributed by atoms with Crippen LogP contribution in [0.2, 0.25) is 0 Å². The Morgan fingerprint density at radius 1 is 0.506 bits per heavy atom. The molecule has 0 aliphatic heterocycles. The van der Waals surface area contributed by atoms with Gasteiger partial charge < -0.3 is 31.3 Å². The van der Waals surface area contributed by atoms with Gasteiger partial charge >= 0.3 is 0 Å². The number of halogens is 7. The zero-order valence-corrected chi connectivity index (χ0v) is 47.3. The first-order valence-corrected chi connectivity index (χ1v) is 27.1. The molecule has 0 spiro atoms. The van der Waals surface area contributed by atoms with Crippen molar-refractivity contribution in [2.75, 3.05) is 44.1 Å². The number of nitrogens with one attached hydrogen (secondary N) is 4. The van der Waals surface area contributed by atoms with E-state index in [0.717, 1.165) is 45.6 Å². The monoisotopic (exact) mass is 1150 g/mol. The number of alkyl halides is 7. The number of rotatable bonds is 13. The zero-order valence-electron chi connectivity index (χ0n) is 45.7. The summed E-state index contributed by atoms with van der Waals surface area (Å²) in [7, 11) is 7.70. The van der Waals surface area contributed by atoms with Crippen LogP contribution in [0, 0.1) is 41.5 Å². The molecule has 0 saturated heterocycles. The van der Waals surface area contributed by atoms with E-state index >= 15 is 0 Å². The maximum Gasteiger partial charge on any atom is 0.253 e. The van der Waals surface area contributed by atoms with Crippen molar-refractivity contribution >= 4 is 33.4 Å². The molecule has 77 heavy (non-hydrogen) atoms. The summed E-state index contributed by atoms with van der Waals surface area (Å²) in [6.45, 7) is 11.9. The number of nitrogens with zero attached hydrogens (tertiary/aromatic N) is 13. The van der Waals surface area contributed by atoms with Gasteiger partial charge in [-0.15, -0.1) is 0 Å². The van der Waals surface area contributed by atoms with Crippen molar-refractivity contribution in [2.45, 2.75) is 173 Å². The third kappa shape index (κ3) is 18.1. The molecule has 3 saturated carbocycles. The molecule has 0 radical (unpaired) electrons. The highest BCUT2D eigenvalue weighted by atomic mass is 79.9. The Balaban J connectivity index is 0.000000182. The lowest BCUT2D eigenvalue weighted by molar-refractivity contribution is -0.0366. The van der Waals surface area contributed by atoms with E-state index in [0.29, 0.717) is 91.4 Å². The lowest BCUT2D eigenvalue weighted by Crippen LogP contribution is -2.32. The number of aromatic nitrogens is 12. The molecular weight excluding hydrogens is 1070 g/mol. The lowest BCUT2D eigenvalue weighted by Gasteiger charge is -2.29. The van der Waals surface area contributed by atoms with Crippen LogP contribution in [0.5, 0.6) is 0 Å². The Kier molecular flexibility index (Phi) is 21.0.